The van der Waals surface area contributed by atoms with Crippen LogP contribution in [-0.4, -0.2) is 33.7 Å². The maximum Gasteiger partial charge on any atom is 0.198 e. The van der Waals surface area contributed by atoms with Gasteiger partial charge in [0.1, 0.15) is 0 Å². The minimum Gasteiger partial charge on any atom is -0.297 e. The molecule has 0 amide bonds. The number of anilines is 2. The summed E-state index contributed by atoms with van der Waals surface area (Å²) in [4.78, 5) is 26.5. The molecule has 0 aromatic heterocycles. The number of amidine groups is 2. The number of Topliss-reactive ketones (excluding diaryl/α,β-unsaturated/α-hetero) is 2. The summed E-state index contributed by atoms with van der Waals surface area (Å²) < 4.78 is 0. The largest absolute Gasteiger partial charge is 0.297 e. The Balaban J connectivity index is 2.46. The maximum absolute atomic E-state index is 12.5. The third-order valence-corrected chi connectivity index (χ3v) is 4.50. The molecule has 2 rings (SSSR count). The number of carbonyl (C=O) groups is 2. The Bertz CT molecular complexity index is 919. The van der Waals surface area contributed by atoms with Gasteiger partial charge in [-0.15, -0.1) is 0 Å². The van der Waals surface area contributed by atoms with Crippen LogP contribution in [0.25, 0.3) is 0 Å². The molecule has 0 aliphatic heterocycles. The zero-order valence-electron chi connectivity index (χ0n) is 18.0. The molecule has 9 heteroatoms. The number of ketones is 2. The van der Waals surface area contributed by atoms with Crippen molar-refractivity contribution in [2.24, 2.45) is 10.2 Å². The maximum atomic E-state index is 12.5. The van der Waals surface area contributed by atoms with E-state index >= 15 is 0 Å². The summed E-state index contributed by atoms with van der Waals surface area (Å²) in [6.45, 7) is 8.33. The summed E-state index contributed by atoms with van der Waals surface area (Å²) in [5.41, 5.74) is 6.28. The molecular weight excluding hydrogens is 437 g/mol. The predicted octanol–water partition coefficient (Wildman–Crippen LogP) is 5.42. The summed E-state index contributed by atoms with van der Waals surface area (Å²) in [6, 6.07) is 13.7. The first-order valence-electron chi connectivity index (χ1n) is 9.49. The number of rotatable bonds is 6. The molecule has 0 heterocycles. The van der Waals surface area contributed by atoms with Crippen molar-refractivity contribution >= 4 is 57.8 Å². The molecule has 0 atom stereocenters. The molecule has 0 aliphatic carbocycles. The van der Waals surface area contributed by atoms with Crippen molar-refractivity contribution in [3.63, 3.8) is 0 Å². The molecule has 0 unspecified atom stereocenters. The molecule has 0 radical (unpaired) electrons. The van der Waals surface area contributed by atoms with Crippen molar-refractivity contribution in [3.8, 4) is 0 Å². The number of carbonyl (C=O) groups excluding carboxylic acids is 2. The predicted molar refractivity (Wildman–Crippen MR) is 128 cm³/mol. The van der Waals surface area contributed by atoms with Gasteiger partial charge in [-0.1, -0.05) is 23.2 Å². The summed E-state index contributed by atoms with van der Waals surface area (Å²) in [6.07, 6.45) is 0. The van der Waals surface area contributed by atoms with Gasteiger partial charge < -0.3 is 0 Å². The highest BCUT2D eigenvalue weighted by atomic mass is 35.5. The van der Waals surface area contributed by atoms with Gasteiger partial charge in [-0.05, 0) is 69.3 Å². The van der Waals surface area contributed by atoms with E-state index in [4.69, 9.17) is 23.2 Å². The van der Waals surface area contributed by atoms with Crippen LogP contribution in [0.2, 0.25) is 10.0 Å². The van der Waals surface area contributed by atoms with Gasteiger partial charge in [-0.25, -0.2) is 0 Å². The number of hydrazone groups is 2. The molecular formula is C22H25Cl2N5O2. The van der Waals surface area contributed by atoms with Crippen LogP contribution in [0.3, 0.4) is 0 Å². The number of benzene rings is 2. The first kappa shape index (κ1) is 24.4. The van der Waals surface area contributed by atoms with Crippen LogP contribution in [0.5, 0.6) is 0 Å². The number of halogens is 2. The van der Waals surface area contributed by atoms with Gasteiger partial charge in [-0.3, -0.25) is 25.3 Å². The standard InChI is InChI=1S/C22H25Cl2N5O2/c1-14(30)20(27-25-18-10-6-16(23)7-11-18)29(22(3,4)5)21(15(2)31)28-26-19-12-8-17(24)9-13-19/h6-13,25-26H,1-5H3/b27-20-,28-21-. The van der Waals surface area contributed by atoms with Gasteiger partial charge in [-0.2, -0.15) is 10.2 Å². The van der Waals surface area contributed by atoms with Crippen molar-refractivity contribution in [3.05, 3.63) is 58.6 Å². The fourth-order valence-corrected chi connectivity index (χ4v) is 2.84. The second-order valence-electron chi connectivity index (χ2n) is 7.73. The molecule has 31 heavy (non-hydrogen) atoms. The van der Waals surface area contributed by atoms with E-state index in [-0.39, 0.29) is 23.2 Å². The number of nitrogens with zero attached hydrogens (tertiary/aromatic N) is 3. The van der Waals surface area contributed by atoms with Crippen LogP contribution < -0.4 is 10.9 Å². The molecule has 0 saturated heterocycles. The Hall–Kier alpha value is -2.90. The molecule has 2 aromatic rings. The lowest BCUT2D eigenvalue weighted by Gasteiger charge is -2.36. The Morgan fingerprint density at radius 3 is 1.32 bits per heavy atom. The average molecular weight is 462 g/mol. The number of nitrogens with one attached hydrogen (secondary N) is 2. The summed E-state index contributed by atoms with van der Waals surface area (Å²) >= 11 is 11.8. The zero-order chi connectivity index (χ0) is 23.2. The SMILES string of the molecule is CC(=O)/C(=N/Nc1ccc(Cl)cc1)N(/C(=N\Nc1ccc(Cl)cc1)C(C)=O)C(C)(C)C. The highest BCUT2D eigenvalue weighted by molar-refractivity contribution is 6.49. The summed E-state index contributed by atoms with van der Waals surface area (Å²) in [5.74, 6) is -0.600. The summed E-state index contributed by atoms with van der Waals surface area (Å²) in [5, 5.41) is 9.72. The number of hydrogen-bond acceptors (Lipinski definition) is 6. The van der Waals surface area contributed by atoms with Gasteiger partial charge >= 0.3 is 0 Å². The van der Waals surface area contributed by atoms with Gasteiger partial charge in [0.2, 0.25) is 0 Å². The van der Waals surface area contributed by atoms with Crippen molar-refractivity contribution < 1.29 is 9.59 Å². The van der Waals surface area contributed by atoms with Crippen molar-refractivity contribution in [1.82, 2.24) is 4.90 Å². The van der Waals surface area contributed by atoms with Crippen LogP contribution in [0.15, 0.2) is 58.7 Å². The van der Waals surface area contributed by atoms with Crippen molar-refractivity contribution in [2.75, 3.05) is 10.9 Å². The van der Waals surface area contributed by atoms with Crippen molar-refractivity contribution in [1.29, 1.82) is 0 Å². The van der Waals surface area contributed by atoms with Crippen LogP contribution in [0, 0.1) is 0 Å². The Morgan fingerprint density at radius 1 is 0.742 bits per heavy atom. The second kappa shape index (κ2) is 10.4. The lowest BCUT2D eigenvalue weighted by atomic mass is 10.0. The molecule has 2 aromatic carbocycles. The van der Waals surface area contributed by atoms with Gasteiger partial charge in [0.05, 0.1) is 11.4 Å². The minimum atomic E-state index is -0.682. The fourth-order valence-electron chi connectivity index (χ4n) is 2.59. The molecule has 2 N–H and O–H groups in total. The monoisotopic (exact) mass is 461 g/mol. The quantitative estimate of drug-likeness (QED) is 0.340. The van der Waals surface area contributed by atoms with E-state index in [1.54, 1.807) is 48.5 Å². The first-order valence-corrected chi connectivity index (χ1v) is 10.3. The minimum absolute atomic E-state index is 0.0364. The number of hydrogen-bond donors (Lipinski definition) is 2. The zero-order valence-corrected chi connectivity index (χ0v) is 19.5. The van der Waals surface area contributed by atoms with Crippen LogP contribution in [0.4, 0.5) is 11.4 Å². The van der Waals surface area contributed by atoms with E-state index in [0.29, 0.717) is 21.4 Å². The Labute approximate surface area is 192 Å². The topological polar surface area (TPSA) is 86.2 Å². The third-order valence-electron chi connectivity index (χ3n) is 3.99. The average Bonchev–Trinajstić information content (AvgIpc) is 2.68. The normalized spacial score (nSPS) is 12.4. The van der Waals surface area contributed by atoms with E-state index < -0.39 is 5.54 Å². The Kier molecular flexibility index (Phi) is 8.19. The second-order valence-corrected chi connectivity index (χ2v) is 8.60. The van der Waals surface area contributed by atoms with E-state index in [9.17, 15) is 9.59 Å². The first-order chi connectivity index (χ1) is 14.5. The fraction of sp³-hybridized carbons (Fsp3) is 0.273. The van der Waals surface area contributed by atoms with E-state index in [2.05, 4.69) is 21.1 Å². The van der Waals surface area contributed by atoms with Crippen LogP contribution >= 0.6 is 23.2 Å². The molecule has 0 fully saturated rings. The smallest absolute Gasteiger partial charge is 0.198 e. The van der Waals surface area contributed by atoms with E-state index in [1.807, 2.05) is 20.8 Å². The highest BCUT2D eigenvalue weighted by Crippen LogP contribution is 2.19. The summed E-state index contributed by atoms with van der Waals surface area (Å²) in [7, 11) is 0. The van der Waals surface area contributed by atoms with E-state index in [0.717, 1.165) is 0 Å². The molecule has 0 bridgehead atoms. The van der Waals surface area contributed by atoms with Crippen LogP contribution in [-0.2, 0) is 9.59 Å². The molecule has 164 valence electrons. The molecule has 0 saturated carbocycles. The van der Waals surface area contributed by atoms with Gasteiger partial charge in [0, 0.05) is 29.4 Å². The van der Waals surface area contributed by atoms with E-state index in [1.165, 1.54) is 18.7 Å². The molecule has 0 aliphatic rings. The highest BCUT2D eigenvalue weighted by Gasteiger charge is 2.34. The van der Waals surface area contributed by atoms with Crippen molar-refractivity contribution in [2.45, 2.75) is 40.2 Å². The molecule has 7 nitrogen and oxygen atoms in total. The lowest BCUT2D eigenvalue weighted by molar-refractivity contribution is -0.112. The Morgan fingerprint density at radius 2 is 1.06 bits per heavy atom. The third kappa shape index (κ3) is 7.08. The van der Waals surface area contributed by atoms with Gasteiger partial charge in [0.25, 0.3) is 0 Å². The van der Waals surface area contributed by atoms with Crippen LogP contribution in [0.1, 0.15) is 34.6 Å². The van der Waals surface area contributed by atoms with Gasteiger partial charge in [0.15, 0.2) is 23.2 Å². The lowest BCUT2D eigenvalue weighted by Crippen LogP contribution is -2.54. The molecule has 0 spiro atoms.